The van der Waals surface area contributed by atoms with Crippen molar-refractivity contribution >= 4 is 46.6 Å². The van der Waals surface area contributed by atoms with Gasteiger partial charge in [-0.3, -0.25) is 19.3 Å². The number of nitrogens with one attached hydrogen (secondary N) is 2. The smallest absolute Gasteiger partial charge is 0.246 e. The van der Waals surface area contributed by atoms with E-state index in [1.165, 1.54) is 6.42 Å². The van der Waals surface area contributed by atoms with Crippen LogP contribution in [0.5, 0.6) is 0 Å². The first-order valence-corrected chi connectivity index (χ1v) is 15.5. The second kappa shape index (κ2) is 11.5. The fourth-order valence-electron chi connectivity index (χ4n) is 7.48. The van der Waals surface area contributed by atoms with Crippen LogP contribution in [0.15, 0.2) is 30.4 Å². The molecule has 4 heterocycles. The minimum Gasteiger partial charge on any atom is -0.379 e. The van der Waals surface area contributed by atoms with Crippen LogP contribution in [-0.4, -0.2) is 90.2 Å². The van der Waals surface area contributed by atoms with Gasteiger partial charge in [-0.15, -0.1) is 0 Å². The molecule has 1 spiro atoms. The zero-order valence-electron chi connectivity index (χ0n) is 23.4. The number of nitrogens with zero attached hydrogens (tertiary/aromatic N) is 2. The number of carbonyl (C=O) groups excluding carboxylic acids is 3. The molecule has 5 aliphatic rings. The van der Waals surface area contributed by atoms with Crippen LogP contribution in [0.25, 0.3) is 0 Å². The average molecular weight is 606 g/mol. The third kappa shape index (κ3) is 5.29. The third-order valence-electron chi connectivity index (χ3n) is 9.44. The van der Waals surface area contributed by atoms with E-state index in [-0.39, 0.29) is 23.8 Å². The van der Waals surface area contributed by atoms with Crippen LogP contribution in [0.1, 0.15) is 45.4 Å². The van der Waals surface area contributed by atoms with Crippen molar-refractivity contribution in [1.82, 2.24) is 15.1 Å². The summed E-state index contributed by atoms with van der Waals surface area (Å²) in [4.78, 5) is 46.1. The maximum absolute atomic E-state index is 14.2. The van der Waals surface area contributed by atoms with E-state index in [0.29, 0.717) is 41.9 Å². The van der Waals surface area contributed by atoms with Gasteiger partial charge in [0.25, 0.3) is 0 Å². The Morgan fingerprint density at radius 2 is 1.78 bits per heavy atom. The monoisotopic (exact) mass is 604 g/mol. The van der Waals surface area contributed by atoms with Gasteiger partial charge in [0.15, 0.2) is 0 Å². The van der Waals surface area contributed by atoms with Gasteiger partial charge in [-0.1, -0.05) is 54.6 Å². The quantitative estimate of drug-likeness (QED) is 0.439. The maximum Gasteiger partial charge on any atom is 0.246 e. The van der Waals surface area contributed by atoms with Gasteiger partial charge in [-0.2, -0.15) is 0 Å². The highest BCUT2D eigenvalue weighted by atomic mass is 35.5. The van der Waals surface area contributed by atoms with Gasteiger partial charge >= 0.3 is 0 Å². The van der Waals surface area contributed by atoms with Gasteiger partial charge in [0.2, 0.25) is 17.7 Å². The molecule has 2 bridgehead atoms. The van der Waals surface area contributed by atoms with Crippen LogP contribution in [0.3, 0.4) is 0 Å². The lowest BCUT2D eigenvalue weighted by molar-refractivity contribution is -0.144. The Labute approximate surface area is 250 Å². The van der Waals surface area contributed by atoms with E-state index in [1.54, 1.807) is 23.1 Å². The summed E-state index contributed by atoms with van der Waals surface area (Å²) >= 11 is 12.2. The molecule has 3 saturated heterocycles. The number of rotatable bonds is 8. The van der Waals surface area contributed by atoms with E-state index in [9.17, 15) is 14.4 Å². The minimum absolute atomic E-state index is 0.0870. The van der Waals surface area contributed by atoms with Crippen LogP contribution in [0.2, 0.25) is 10.0 Å². The van der Waals surface area contributed by atoms with Gasteiger partial charge < -0.3 is 25.0 Å². The van der Waals surface area contributed by atoms with Crippen molar-refractivity contribution in [3.8, 4) is 0 Å². The molecule has 0 aromatic heterocycles. The van der Waals surface area contributed by atoms with E-state index in [0.717, 1.165) is 45.3 Å². The number of halogens is 2. The Bertz CT molecular complexity index is 1230. The molecule has 1 aromatic rings. The summed E-state index contributed by atoms with van der Waals surface area (Å²) in [6.45, 7) is 6.15. The molecule has 0 unspecified atom stereocenters. The van der Waals surface area contributed by atoms with E-state index in [4.69, 9.17) is 32.7 Å². The van der Waals surface area contributed by atoms with Crippen molar-refractivity contribution in [3.05, 3.63) is 40.4 Å². The summed E-state index contributed by atoms with van der Waals surface area (Å²) in [5.74, 6) is -2.39. The molecule has 6 rings (SSSR count). The predicted molar refractivity (Wildman–Crippen MR) is 156 cm³/mol. The second-order valence-electron chi connectivity index (χ2n) is 12.1. The highest BCUT2D eigenvalue weighted by Gasteiger charge is 2.76. The number of hydrogen-bond acceptors (Lipinski definition) is 6. The lowest BCUT2D eigenvalue weighted by atomic mass is 9.70. The number of hydrogen-bond donors (Lipinski definition) is 2. The SMILES string of the molecule is C[C@@]12C=C[C@]3(O1)[C@H](C(=O)N(CCCN1CCOCC1)[C@@H]3C(=O)NC1CCCCC1)[C@H]2C(=O)Nc1ccc(Cl)c(Cl)c1. The number of morpholine rings is 1. The van der Waals surface area contributed by atoms with Crippen LogP contribution in [0.4, 0.5) is 5.69 Å². The Balaban J connectivity index is 1.27. The topological polar surface area (TPSA) is 100 Å². The molecule has 4 aliphatic heterocycles. The van der Waals surface area contributed by atoms with E-state index >= 15 is 0 Å². The van der Waals surface area contributed by atoms with Crippen LogP contribution >= 0.6 is 23.2 Å². The number of likely N-dealkylation sites (tertiary alicyclic amines) is 1. The van der Waals surface area contributed by atoms with Crippen molar-refractivity contribution in [2.45, 2.75) is 68.7 Å². The zero-order chi connectivity index (χ0) is 28.8. The molecule has 3 amide bonds. The molecule has 4 fully saturated rings. The predicted octanol–water partition coefficient (Wildman–Crippen LogP) is 3.64. The molecule has 9 nitrogen and oxygen atoms in total. The molecular formula is C30H38Cl2N4O5. The van der Waals surface area contributed by atoms with Crippen molar-refractivity contribution in [2.75, 3.05) is 44.7 Å². The van der Waals surface area contributed by atoms with Gasteiger partial charge in [0.1, 0.15) is 11.6 Å². The first-order valence-electron chi connectivity index (χ1n) is 14.8. The van der Waals surface area contributed by atoms with Crippen LogP contribution in [-0.2, 0) is 23.9 Å². The highest BCUT2D eigenvalue weighted by Crippen LogP contribution is 2.59. The summed E-state index contributed by atoms with van der Waals surface area (Å²) < 4.78 is 12.1. The molecule has 1 aliphatic carbocycles. The molecular weight excluding hydrogens is 567 g/mol. The van der Waals surface area contributed by atoms with Gasteiger partial charge in [0, 0.05) is 37.9 Å². The largest absolute Gasteiger partial charge is 0.379 e. The summed E-state index contributed by atoms with van der Waals surface area (Å²) in [5.41, 5.74) is -1.75. The van der Waals surface area contributed by atoms with Gasteiger partial charge in [0.05, 0.1) is 40.7 Å². The molecule has 1 aromatic carbocycles. The Morgan fingerprint density at radius 1 is 1.02 bits per heavy atom. The molecule has 1 saturated carbocycles. The Kier molecular flexibility index (Phi) is 8.11. The number of anilines is 1. The lowest BCUT2D eigenvalue weighted by Gasteiger charge is -2.35. The standard InChI is InChI=1S/C30H38Cl2N4O5/c1-29-10-11-30(41-29)24(23(29)26(37)34-20-8-9-21(31)22(32)18-20)28(39)36(13-5-12-35-14-16-40-17-15-35)25(30)27(38)33-19-6-3-2-4-7-19/h8-11,18-19,23-25H,2-7,12-17H2,1H3,(H,33,38)(H,34,37)/t23-,24-,25+,29-,30-/m0/s1. The van der Waals surface area contributed by atoms with Crippen molar-refractivity contribution in [1.29, 1.82) is 0 Å². The lowest BCUT2D eigenvalue weighted by Crippen LogP contribution is -2.57. The Hall–Kier alpha value is -2.17. The number of ether oxygens (including phenoxy) is 2. The summed E-state index contributed by atoms with van der Waals surface area (Å²) in [6.07, 6.45) is 9.64. The van der Waals surface area contributed by atoms with E-state index < -0.39 is 29.1 Å². The van der Waals surface area contributed by atoms with Crippen molar-refractivity contribution in [3.63, 3.8) is 0 Å². The number of benzene rings is 1. The maximum atomic E-state index is 14.2. The summed E-state index contributed by atoms with van der Waals surface area (Å²) in [5, 5.41) is 6.87. The Morgan fingerprint density at radius 3 is 2.51 bits per heavy atom. The zero-order valence-corrected chi connectivity index (χ0v) is 24.9. The second-order valence-corrected chi connectivity index (χ2v) is 12.9. The molecule has 5 atom stereocenters. The first-order chi connectivity index (χ1) is 19.7. The third-order valence-corrected chi connectivity index (χ3v) is 10.2. The molecule has 2 N–H and O–H groups in total. The van der Waals surface area contributed by atoms with Gasteiger partial charge in [-0.05, 0) is 44.4 Å². The summed E-state index contributed by atoms with van der Waals surface area (Å²) in [7, 11) is 0. The number of amides is 3. The van der Waals surface area contributed by atoms with E-state index in [1.807, 2.05) is 19.1 Å². The minimum atomic E-state index is -1.21. The molecule has 41 heavy (non-hydrogen) atoms. The van der Waals surface area contributed by atoms with Crippen LogP contribution < -0.4 is 10.6 Å². The number of carbonyl (C=O) groups is 3. The number of fused-ring (bicyclic) bond motifs is 1. The van der Waals surface area contributed by atoms with Crippen molar-refractivity contribution < 1.29 is 23.9 Å². The van der Waals surface area contributed by atoms with Crippen molar-refractivity contribution in [2.24, 2.45) is 11.8 Å². The highest BCUT2D eigenvalue weighted by molar-refractivity contribution is 6.42. The van der Waals surface area contributed by atoms with Crippen LogP contribution in [0, 0.1) is 11.8 Å². The fourth-order valence-corrected chi connectivity index (χ4v) is 7.78. The first kappa shape index (κ1) is 28.9. The average Bonchev–Trinajstić information content (AvgIpc) is 3.52. The molecule has 11 heteroatoms. The van der Waals surface area contributed by atoms with E-state index in [2.05, 4.69) is 15.5 Å². The molecule has 0 radical (unpaired) electrons. The normalized spacial score (nSPS) is 33.3. The summed E-state index contributed by atoms with van der Waals surface area (Å²) in [6, 6.07) is 4.11. The molecule has 222 valence electrons. The fraction of sp³-hybridized carbons (Fsp3) is 0.633. The van der Waals surface area contributed by atoms with Gasteiger partial charge in [-0.25, -0.2) is 0 Å².